The number of alkyl carbamates (subject to hydrolysis) is 1. The van der Waals surface area contributed by atoms with E-state index in [9.17, 15) is 14.4 Å². The molecule has 0 aromatic carbocycles. The fraction of sp³-hybridized carbons (Fsp3) is 0.727. The zero-order chi connectivity index (χ0) is 13.9. The molecule has 0 bridgehead atoms. The van der Waals surface area contributed by atoms with Crippen LogP contribution in [0, 0.1) is 0 Å². The summed E-state index contributed by atoms with van der Waals surface area (Å²) in [6.07, 6.45) is -1.80. The molecule has 7 heteroatoms. The summed E-state index contributed by atoms with van der Waals surface area (Å²) in [6.45, 7) is 5.09. The number of amides is 1. The third-order valence-electron chi connectivity index (χ3n) is 2.23. The van der Waals surface area contributed by atoms with Crippen molar-refractivity contribution in [2.45, 2.75) is 51.4 Å². The molecule has 1 fully saturated rings. The maximum Gasteiger partial charge on any atom is 0.408 e. The van der Waals surface area contributed by atoms with Gasteiger partial charge in [-0.05, 0) is 27.2 Å². The van der Waals surface area contributed by atoms with E-state index in [1.54, 1.807) is 20.8 Å². The van der Waals surface area contributed by atoms with Crippen molar-refractivity contribution in [1.29, 1.82) is 0 Å². The van der Waals surface area contributed by atoms with E-state index >= 15 is 0 Å². The van der Waals surface area contributed by atoms with E-state index in [2.05, 4.69) is 10.1 Å². The quantitative estimate of drug-likeness (QED) is 0.707. The molecule has 2 N–H and O–H groups in total. The molecule has 2 atom stereocenters. The molecule has 1 heterocycles. The van der Waals surface area contributed by atoms with Crippen LogP contribution in [0.5, 0.6) is 0 Å². The number of aliphatic carboxylic acids is 1. The van der Waals surface area contributed by atoms with Crippen LogP contribution >= 0.6 is 0 Å². The lowest BCUT2D eigenvalue weighted by Gasteiger charge is -2.29. The number of ether oxygens (including phenoxy) is 2. The van der Waals surface area contributed by atoms with Crippen LogP contribution < -0.4 is 5.32 Å². The Bertz CT molecular complexity index is 359. The number of esters is 1. The normalized spacial score (nSPS) is 24.1. The Labute approximate surface area is 104 Å². The summed E-state index contributed by atoms with van der Waals surface area (Å²) < 4.78 is 9.69. The minimum atomic E-state index is -1.36. The number of hydrogen-bond acceptors (Lipinski definition) is 5. The first-order valence-electron chi connectivity index (χ1n) is 5.61. The first kappa shape index (κ1) is 14.3. The third-order valence-corrected chi connectivity index (χ3v) is 2.23. The first-order valence-corrected chi connectivity index (χ1v) is 5.61. The van der Waals surface area contributed by atoms with Gasteiger partial charge in [-0.25, -0.2) is 9.59 Å². The molecule has 0 spiro atoms. The number of hydrogen-bond donors (Lipinski definition) is 2. The van der Waals surface area contributed by atoms with Crippen molar-refractivity contribution in [3.8, 4) is 0 Å². The summed E-state index contributed by atoms with van der Waals surface area (Å²) in [5, 5.41) is 11.3. The maximum absolute atomic E-state index is 11.5. The molecular formula is C11H17NO6. The van der Waals surface area contributed by atoms with Gasteiger partial charge in [0.1, 0.15) is 5.60 Å². The first-order chi connectivity index (χ1) is 8.19. The summed E-state index contributed by atoms with van der Waals surface area (Å²) in [6, 6.07) is -0.768. The highest BCUT2D eigenvalue weighted by molar-refractivity contribution is 5.81. The minimum Gasteiger partial charge on any atom is -0.478 e. The standard InChI is InChI=1S/C11H17NO6/c1-11(2,3)18-10(16)12-6-4-5-7(13)17-8(6)9(14)15/h6,8H,4-5H2,1-3H3,(H,12,16)(H,14,15). The molecule has 1 aliphatic rings. The second-order valence-corrected chi connectivity index (χ2v) is 5.04. The lowest BCUT2D eigenvalue weighted by Crippen LogP contribution is -2.52. The predicted molar refractivity (Wildman–Crippen MR) is 59.9 cm³/mol. The van der Waals surface area contributed by atoms with Gasteiger partial charge in [0.25, 0.3) is 0 Å². The average molecular weight is 259 g/mol. The van der Waals surface area contributed by atoms with Gasteiger partial charge in [0.15, 0.2) is 0 Å². The Morgan fingerprint density at radius 2 is 2.06 bits per heavy atom. The molecule has 102 valence electrons. The Hall–Kier alpha value is -1.79. The Morgan fingerprint density at radius 3 is 2.56 bits per heavy atom. The molecule has 0 aromatic rings. The van der Waals surface area contributed by atoms with Gasteiger partial charge in [-0.2, -0.15) is 0 Å². The molecule has 7 nitrogen and oxygen atoms in total. The molecule has 1 rings (SSSR count). The summed E-state index contributed by atoms with van der Waals surface area (Å²) in [5.41, 5.74) is -0.672. The molecule has 0 saturated carbocycles. The highest BCUT2D eigenvalue weighted by Gasteiger charge is 2.37. The monoisotopic (exact) mass is 259 g/mol. The Balaban J connectivity index is 2.61. The van der Waals surface area contributed by atoms with Crippen LogP contribution in [0.2, 0.25) is 0 Å². The minimum absolute atomic E-state index is 0.0737. The van der Waals surface area contributed by atoms with E-state index in [-0.39, 0.29) is 12.8 Å². The molecule has 0 aromatic heterocycles. The van der Waals surface area contributed by atoms with E-state index in [0.29, 0.717) is 0 Å². The molecule has 0 radical (unpaired) electrons. The van der Waals surface area contributed by atoms with Crippen LogP contribution in [-0.4, -0.2) is 40.9 Å². The number of carbonyl (C=O) groups is 3. The highest BCUT2D eigenvalue weighted by atomic mass is 16.6. The summed E-state index contributed by atoms with van der Waals surface area (Å²) in [7, 11) is 0. The lowest BCUT2D eigenvalue weighted by molar-refractivity contribution is -0.170. The van der Waals surface area contributed by atoms with Gasteiger partial charge in [0.05, 0.1) is 6.04 Å². The average Bonchev–Trinajstić information content (AvgIpc) is 2.17. The van der Waals surface area contributed by atoms with Gasteiger partial charge >= 0.3 is 18.0 Å². The van der Waals surface area contributed by atoms with Crippen molar-refractivity contribution < 1.29 is 29.0 Å². The Kier molecular flexibility index (Phi) is 4.15. The zero-order valence-electron chi connectivity index (χ0n) is 10.6. The molecule has 1 amide bonds. The van der Waals surface area contributed by atoms with Crippen LogP contribution in [-0.2, 0) is 19.1 Å². The van der Waals surface area contributed by atoms with Crippen molar-refractivity contribution in [2.75, 3.05) is 0 Å². The Morgan fingerprint density at radius 1 is 1.44 bits per heavy atom. The number of carbonyl (C=O) groups excluding carboxylic acids is 2. The van der Waals surface area contributed by atoms with Gasteiger partial charge in [-0.15, -0.1) is 0 Å². The largest absolute Gasteiger partial charge is 0.478 e. The SMILES string of the molecule is CC(C)(C)OC(=O)NC1CCC(=O)OC1C(=O)O. The molecule has 18 heavy (non-hydrogen) atoms. The lowest BCUT2D eigenvalue weighted by atomic mass is 10.0. The van der Waals surface area contributed by atoms with Crippen LogP contribution in [0.3, 0.4) is 0 Å². The van der Waals surface area contributed by atoms with Crippen LogP contribution in [0.25, 0.3) is 0 Å². The zero-order valence-corrected chi connectivity index (χ0v) is 10.6. The van der Waals surface area contributed by atoms with Gasteiger partial charge < -0.3 is 19.9 Å². The summed E-state index contributed by atoms with van der Waals surface area (Å²) in [5.74, 6) is -1.87. The number of cyclic esters (lactones) is 1. The maximum atomic E-state index is 11.5. The number of carboxylic acids is 1. The van der Waals surface area contributed by atoms with Crippen LogP contribution in [0.15, 0.2) is 0 Å². The van der Waals surface area contributed by atoms with Crippen molar-refractivity contribution in [2.24, 2.45) is 0 Å². The van der Waals surface area contributed by atoms with Crippen molar-refractivity contribution in [3.05, 3.63) is 0 Å². The van der Waals surface area contributed by atoms with E-state index in [0.717, 1.165) is 0 Å². The smallest absolute Gasteiger partial charge is 0.408 e. The molecule has 2 unspecified atom stereocenters. The van der Waals surface area contributed by atoms with Crippen LogP contribution in [0.1, 0.15) is 33.6 Å². The number of nitrogens with one attached hydrogen (secondary N) is 1. The van der Waals surface area contributed by atoms with Gasteiger partial charge in [0, 0.05) is 6.42 Å². The second-order valence-electron chi connectivity index (χ2n) is 5.04. The van der Waals surface area contributed by atoms with Gasteiger partial charge in [-0.3, -0.25) is 4.79 Å². The van der Waals surface area contributed by atoms with Crippen molar-refractivity contribution in [3.63, 3.8) is 0 Å². The van der Waals surface area contributed by atoms with E-state index in [4.69, 9.17) is 9.84 Å². The predicted octanol–water partition coefficient (Wildman–Crippen LogP) is 0.670. The number of rotatable bonds is 2. The molecular weight excluding hydrogens is 242 g/mol. The fourth-order valence-corrected chi connectivity index (χ4v) is 1.54. The highest BCUT2D eigenvalue weighted by Crippen LogP contribution is 2.16. The molecule has 0 aliphatic carbocycles. The van der Waals surface area contributed by atoms with E-state index < -0.39 is 35.8 Å². The van der Waals surface area contributed by atoms with Crippen LogP contribution in [0.4, 0.5) is 4.79 Å². The number of carboxylic acid groups (broad SMARTS) is 1. The van der Waals surface area contributed by atoms with Crippen molar-refractivity contribution in [1.82, 2.24) is 5.32 Å². The summed E-state index contributed by atoms with van der Waals surface area (Å²) >= 11 is 0. The third kappa shape index (κ3) is 4.23. The molecule has 1 aliphatic heterocycles. The van der Waals surface area contributed by atoms with E-state index in [1.165, 1.54) is 0 Å². The van der Waals surface area contributed by atoms with E-state index in [1.807, 2.05) is 0 Å². The topological polar surface area (TPSA) is 102 Å². The fourth-order valence-electron chi connectivity index (χ4n) is 1.54. The van der Waals surface area contributed by atoms with Gasteiger partial charge in [0.2, 0.25) is 6.10 Å². The van der Waals surface area contributed by atoms with Gasteiger partial charge in [-0.1, -0.05) is 0 Å². The molecule has 1 saturated heterocycles. The summed E-state index contributed by atoms with van der Waals surface area (Å²) in [4.78, 5) is 33.4. The van der Waals surface area contributed by atoms with Crippen molar-refractivity contribution >= 4 is 18.0 Å². The second kappa shape index (κ2) is 5.24.